The molecule has 4 N–H and O–H groups in total. The molecule has 546 valence electrons. The summed E-state index contributed by atoms with van der Waals surface area (Å²) in [6.45, 7) is 21.3. The Labute approximate surface area is 635 Å². The van der Waals surface area contributed by atoms with Crippen LogP contribution in [0.25, 0.3) is 10.9 Å². The van der Waals surface area contributed by atoms with E-state index in [1.165, 1.54) is 144 Å². The Morgan fingerprint density at radius 3 is 1.37 bits per heavy atom. The number of aryl methyl sites for hydroxylation is 4. The maximum atomic E-state index is 10.8. The summed E-state index contributed by atoms with van der Waals surface area (Å²) in [5, 5.41) is 29.1. The number of non-ortho nitro benzene ring substituents is 2. The molecule has 5 aliphatic rings. The van der Waals surface area contributed by atoms with E-state index in [4.69, 9.17) is 5.73 Å². The van der Waals surface area contributed by atoms with E-state index in [1.807, 2.05) is 37.3 Å². The lowest BCUT2D eigenvalue weighted by Gasteiger charge is -2.28. The van der Waals surface area contributed by atoms with Crippen molar-refractivity contribution in [1.29, 1.82) is 0 Å². The van der Waals surface area contributed by atoms with Gasteiger partial charge in [0.1, 0.15) is 0 Å². The van der Waals surface area contributed by atoms with Crippen LogP contribution in [0, 0.1) is 27.2 Å². The van der Waals surface area contributed by atoms with Crippen LogP contribution < -0.4 is 16.4 Å². The van der Waals surface area contributed by atoms with E-state index in [0.29, 0.717) is 0 Å². The molecule has 10 aromatic carbocycles. The minimum absolute atomic E-state index is 0.106. The number of nitrogens with one attached hydrogen (secondary N) is 2. The van der Waals surface area contributed by atoms with Crippen molar-refractivity contribution in [3.63, 3.8) is 0 Å². The van der Waals surface area contributed by atoms with Crippen LogP contribution in [0.1, 0.15) is 97.3 Å². The molecule has 15 heteroatoms. The van der Waals surface area contributed by atoms with Crippen LogP contribution in [0.5, 0.6) is 0 Å². The lowest BCUT2D eigenvalue weighted by molar-refractivity contribution is -0.385. The molecule has 106 heavy (non-hydrogen) atoms. The summed E-state index contributed by atoms with van der Waals surface area (Å²) in [6, 6.07) is 84.5. The normalized spacial score (nSPS) is 14.4. The number of anilines is 3. The Morgan fingerprint density at radius 1 is 0.472 bits per heavy atom. The highest BCUT2D eigenvalue weighted by Crippen LogP contribution is 2.29. The molecule has 5 aliphatic heterocycles. The first kappa shape index (κ1) is 77.1. The topological polar surface area (TPSA) is 162 Å². The monoisotopic (exact) mass is 1480 g/mol. The van der Waals surface area contributed by atoms with Gasteiger partial charge in [-0.25, -0.2) is 0 Å². The van der Waals surface area contributed by atoms with Gasteiger partial charge >= 0.3 is 0 Å². The van der Waals surface area contributed by atoms with E-state index in [2.05, 4.69) is 240 Å². The van der Waals surface area contributed by atoms with Crippen molar-refractivity contribution in [2.24, 2.45) is 0 Å². The van der Waals surface area contributed by atoms with Gasteiger partial charge in [0.15, 0.2) is 0 Å². The number of hydrogen-bond acceptors (Lipinski definition) is 12. The van der Waals surface area contributed by atoms with Gasteiger partial charge in [-0.1, -0.05) is 204 Å². The van der Waals surface area contributed by atoms with E-state index < -0.39 is 4.92 Å². The predicted octanol–water partition coefficient (Wildman–Crippen LogP) is 19.0. The Morgan fingerprint density at radius 2 is 0.887 bits per heavy atom. The molecular formula is C91H101BrN10O4. The third kappa shape index (κ3) is 24.0. The second-order valence-electron chi connectivity index (χ2n) is 28.0. The number of nitro benzene ring substituents is 2. The summed E-state index contributed by atoms with van der Waals surface area (Å²) >= 11 is 3.13. The number of nitrogens with two attached hydrogens (primary N) is 1. The summed E-state index contributed by atoms with van der Waals surface area (Å²) in [6.07, 6.45) is 14.4. The van der Waals surface area contributed by atoms with E-state index in [9.17, 15) is 20.2 Å². The van der Waals surface area contributed by atoms with E-state index in [-0.39, 0.29) is 16.3 Å². The van der Waals surface area contributed by atoms with Gasteiger partial charge in [0.05, 0.1) is 15.4 Å². The van der Waals surface area contributed by atoms with Crippen molar-refractivity contribution in [3.05, 3.63) is 364 Å². The molecule has 0 amide bonds. The highest BCUT2D eigenvalue weighted by atomic mass is 79.9. The molecular weight excluding hydrogens is 1380 g/mol. The first-order valence-corrected chi connectivity index (χ1v) is 38.4. The van der Waals surface area contributed by atoms with Crippen LogP contribution in [0.2, 0.25) is 0 Å². The zero-order valence-corrected chi connectivity index (χ0v) is 62.9. The molecule has 16 rings (SSSR count). The molecule has 0 spiro atoms. The molecule has 0 radical (unpaired) electrons. The number of fused-ring (bicyclic) bond motifs is 6. The third-order valence-corrected chi connectivity index (χ3v) is 20.7. The molecule has 0 saturated heterocycles. The van der Waals surface area contributed by atoms with Crippen LogP contribution in [-0.2, 0) is 84.1 Å². The van der Waals surface area contributed by atoms with Gasteiger partial charge < -0.3 is 16.4 Å². The van der Waals surface area contributed by atoms with E-state index >= 15 is 0 Å². The lowest BCUT2D eigenvalue weighted by atomic mass is 9.99. The van der Waals surface area contributed by atoms with Crippen molar-refractivity contribution in [1.82, 2.24) is 29.9 Å². The molecule has 6 heterocycles. The summed E-state index contributed by atoms with van der Waals surface area (Å²) < 4.78 is 0.724. The number of pyridine rings is 1. The van der Waals surface area contributed by atoms with Gasteiger partial charge in [0, 0.05) is 122 Å². The van der Waals surface area contributed by atoms with Crippen LogP contribution in [0.4, 0.5) is 28.4 Å². The number of nitro groups is 2. The molecule has 0 saturated carbocycles. The van der Waals surface area contributed by atoms with Crippen LogP contribution in [0.3, 0.4) is 0 Å². The van der Waals surface area contributed by atoms with Crippen molar-refractivity contribution >= 4 is 55.3 Å². The zero-order valence-electron chi connectivity index (χ0n) is 61.4. The number of nitrogen functional groups attached to an aromatic ring is 1. The van der Waals surface area contributed by atoms with Crippen LogP contribution in [-0.4, -0.2) is 93.3 Å². The molecule has 14 nitrogen and oxygen atoms in total. The maximum Gasteiger partial charge on any atom is 0.270 e. The maximum absolute atomic E-state index is 10.8. The fourth-order valence-electron chi connectivity index (χ4n) is 14.6. The van der Waals surface area contributed by atoms with E-state index in [1.54, 1.807) is 30.3 Å². The molecule has 0 unspecified atom stereocenters. The highest BCUT2D eigenvalue weighted by Gasteiger charge is 2.20. The van der Waals surface area contributed by atoms with Gasteiger partial charge in [-0.15, -0.1) is 6.58 Å². The lowest BCUT2D eigenvalue weighted by Crippen LogP contribution is -2.31. The Balaban J connectivity index is 0.000000133. The Hall–Kier alpha value is -9.97. The SMILES string of the molecule is C=CCN1CCc2ccccc2C1.Cc1cc(Nc2cccc(CCCN3CCc4ccccc4C3)c2)c2ccccc2n1.Nc1cccc(CCCN2CCc3ccccc3C2)c1.O=[N+]([O-])c1cccc(Br)c1.O=[N+]([O-])c1cccc(CCCN2CCc3ccccc3C2)c1.c1ccc2c(c1)CCNC2. The number of aromatic nitrogens is 1. The third-order valence-electron chi connectivity index (χ3n) is 20.2. The number of hydrogen-bond donors (Lipinski definition) is 3. The van der Waals surface area contributed by atoms with Gasteiger partial charge in [-0.05, 0) is 219 Å². The number of para-hydroxylation sites is 1. The van der Waals surface area contributed by atoms with Crippen LogP contribution in [0.15, 0.2) is 266 Å². The minimum atomic E-state index is -0.426. The number of benzene rings is 10. The van der Waals surface area contributed by atoms with Gasteiger partial charge in [0.25, 0.3) is 11.4 Å². The fraction of sp³-hybridized carbons (Fsp3) is 0.286. The average molecular weight is 1480 g/mol. The van der Waals surface area contributed by atoms with Crippen molar-refractivity contribution in [2.75, 3.05) is 70.0 Å². The summed E-state index contributed by atoms with van der Waals surface area (Å²) in [7, 11) is 0. The van der Waals surface area contributed by atoms with Crippen molar-refractivity contribution in [3.8, 4) is 0 Å². The van der Waals surface area contributed by atoms with Crippen LogP contribution >= 0.6 is 15.9 Å². The first-order valence-electron chi connectivity index (χ1n) is 37.6. The highest BCUT2D eigenvalue weighted by molar-refractivity contribution is 9.10. The summed E-state index contributed by atoms with van der Waals surface area (Å²) in [5.41, 5.74) is 30.0. The number of rotatable bonds is 18. The quantitative estimate of drug-likeness (QED) is 0.0323. The van der Waals surface area contributed by atoms with Crippen molar-refractivity contribution in [2.45, 2.75) is 110 Å². The minimum Gasteiger partial charge on any atom is -0.399 e. The van der Waals surface area contributed by atoms with Gasteiger partial charge in [0.2, 0.25) is 0 Å². The molecule has 0 aliphatic carbocycles. The summed E-state index contributed by atoms with van der Waals surface area (Å²) in [5.74, 6) is 0. The number of halogens is 1. The Bertz CT molecular complexity index is 4640. The smallest absolute Gasteiger partial charge is 0.270 e. The van der Waals surface area contributed by atoms with Gasteiger partial charge in [-0.3, -0.25) is 44.8 Å². The molecule has 11 aromatic rings. The summed E-state index contributed by atoms with van der Waals surface area (Å²) in [4.78, 5) is 34.9. The zero-order chi connectivity index (χ0) is 73.7. The predicted molar refractivity (Wildman–Crippen MR) is 440 cm³/mol. The van der Waals surface area contributed by atoms with Crippen molar-refractivity contribution < 1.29 is 9.85 Å². The molecule has 0 fully saturated rings. The fourth-order valence-corrected chi connectivity index (χ4v) is 15.0. The largest absolute Gasteiger partial charge is 0.399 e. The number of nitrogens with zero attached hydrogens (tertiary/aromatic N) is 7. The first-order chi connectivity index (χ1) is 51.8. The molecule has 1 aromatic heterocycles. The molecule has 0 atom stereocenters. The van der Waals surface area contributed by atoms with E-state index in [0.717, 1.165) is 141 Å². The second kappa shape index (κ2) is 40.5. The Kier molecular flexibility index (Phi) is 29.5. The second-order valence-corrected chi connectivity index (χ2v) is 28.9. The molecule has 0 bridgehead atoms. The standard InChI is InChI=1S/C28H29N3.C18H20N2O2.C18H22N2.C12H15N.C9H11N.C6H4BrNO2/c1-21-18-28(26-13-4-5-14-27(26)29-21)30-25-12-6-8-22(19-25)9-7-16-31-17-15-23-10-2-3-11-24(23)20-31;21-20(22)18-9-3-5-15(13-18)6-4-11-19-12-10-16-7-1-2-8-17(16)14-19;19-18-9-3-5-15(13-18)6-4-11-20-12-10-16-7-1-2-8-17(16)14-20;1-2-8-13-9-7-11-5-3-4-6-12(11)10-13;1-2-4-9-7-10-6-5-8(9)3-1;7-5-2-1-3-6(4-5)8(9)10/h2-6,8,10-14,18-19H,7,9,15-17,20H2,1H3,(H,29,30);1-3,5,7-9,13H,4,6,10-12,14H2;1-3,5,7-9,13H,4,6,10-12,14,19H2;2-6H,1,7-10H2;1-4,10H,5-7H2;1-4H. The van der Waals surface area contributed by atoms with Gasteiger partial charge in [-0.2, -0.15) is 0 Å². The average Bonchev–Trinajstić information content (AvgIpc) is 0.809.